The number of benzene rings is 1. The van der Waals surface area contributed by atoms with Gasteiger partial charge in [-0.1, -0.05) is 87.8 Å². The number of alkyl halides is 6. The highest BCUT2D eigenvalue weighted by Crippen LogP contribution is 2.38. The topological polar surface area (TPSA) is 39.9 Å². The van der Waals surface area contributed by atoms with Crippen LogP contribution in [0.15, 0.2) is 36.5 Å². The minimum absolute atomic E-state index is 0.0869. The van der Waals surface area contributed by atoms with Gasteiger partial charge in [0, 0.05) is 0 Å². The van der Waals surface area contributed by atoms with Crippen molar-refractivity contribution in [2.24, 2.45) is 0 Å². The van der Waals surface area contributed by atoms with Crippen LogP contribution >= 0.6 is 69.6 Å². The van der Waals surface area contributed by atoms with Crippen LogP contribution in [-0.4, -0.2) is 22.1 Å². The monoisotopic (exact) mass is 409 g/mol. The zero-order valence-electron chi connectivity index (χ0n) is 10.5. The Morgan fingerprint density at radius 2 is 1.57 bits per heavy atom. The van der Waals surface area contributed by atoms with Gasteiger partial charge in [-0.15, -0.1) is 9.90 Å². The number of methoxy groups -OCH3 is 1. The maximum absolute atomic E-state index is 5.51. The number of halogens is 6. The van der Waals surface area contributed by atoms with Crippen molar-refractivity contribution in [3.05, 3.63) is 42.2 Å². The van der Waals surface area contributed by atoms with Crippen molar-refractivity contribution in [2.75, 3.05) is 7.11 Å². The molecule has 0 aliphatic rings. The van der Waals surface area contributed by atoms with Crippen molar-refractivity contribution >= 4 is 69.6 Å². The van der Waals surface area contributed by atoms with Crippen LogP contribution in [0.3, 0.4) is 0 Å². The van der Waals surface area contributed by atoms with Crippen LogP contribution in [0, 0.1) is 0 Å². The van der Waals surface area contributed by atoms with Crippen LogP contribution in [0.1, 0.15) is 5.69 Å². The highest BCUT2D eigenvalue weighted by atomic mass is 35.6. The Hall–Kier alpha value is -0.100. The summed E-state index contributed by atoms with van der Waals surface area (Å²) in [6.45, 7) is 0. The molecular weight excluding hydrogens is 403 g/mol. The standard InChI is InChI=1S/C7H8O.C4HCl6N3/c1-8-7-5-3-2-4-6-7;5-3(6,7)2-1-11-13(12-2)4(8,9)10/h2-6H,1H3;1H. The fourth-order valence-electron chi connectivity index (χ4n) is 1.07. The van der Waals surface area contributed by atoms with Crippen molar-refractivity contribution in [1.82, 2.24) is 15.0 Å². The Labute approximate surface area is 151 Å². The molecule has 0 radical (unpaired) electrons. The SMILES string of the molecule is COc1ccccc1.ClC(Cl)(Cl)c1cnn(C(Cl)(Cl)Cl)n1. The van der Waals surface area contributed by atoms with E-state index in [2.05, 4.69) is 10.2 Å². The molecule has 1 heterocycles. The first-order chi connectivity index (χ1) is 9.64. The number of aromatic nitrogens is 3. The molecule has 0 atom stereocenters. The van der Waals surface area contributed by atoms with Crippen LogP contribution in [-0.2, 0) is 7.71 Å². The molecule has 1 aromatic carbocycles. The van der Waals surface area contributed by atoms with Crippen LogP contribution in [0.5, 0.6) is 5.75 Å². The molecule has 2 rings (SSSR count). The molecule has 0 saturated carbocycles. The van der Waals surface area contributed by atoms with E-state index >= 15 is 0 Å². The maximum atomic E-state index is 5.51. The maximum Gasteiger partial charge on any atom is 0.303 e. The normalized spacial score (nSPS) is 11.6. The molecule has 4 nitrogen and oxygen atoms in total. The molecule has 10 heteroatoms. The largest absolute Gasteiger partial charge is 0.497 e. The summed E-state index contributed by atoms with van der Waals surface area (Å²) in [6.07, 6.45) is 1.20. The lowest BCUT2D eigenvalue weighted by Gasteiger charge is -2.09. The summed E-state index contributed by atoms with van der Waals surface area (Å²) < 4.78 is 1.46. The molecular formula is C11H9Cl6N3O. The van der Waals surface area contributed by atoms with Crippen molar-refractivity contribution in [2.45, 2.75) is 7.71 Å². The van der Waals surface area contributed by atoms with Crippen molar-refractivity contribution in [1.29, 1.82) is 0 Å². The van der Waals surface area contributed by atoms with E-state index in [0.29, 0.717) is 0 Å². The minimum atomic E-state index is -1.78. The molecule has 0 saturated heterocycles. The Morgan fingerprint density at radius 1 is 1.00 bits per heavy atom. The second-order valence-electron chi connectivity index (χ2n) is 3.50. The predicted molar refractivity (Wildman–Crippen MR) is 87.8 cm³/mol. The zero-order chi connectivity index (χ0) is 16.1. The second kappa shape index (κ2) is 7.95. The lowest BCUT2D eigenvalue weighted by molar-refractivity contribution is 0.415. The van der Waals surface area contributed by atoms with Crippen LogP contribution in [0.25, 0.3) is 0 Å². The number of rotatable bonds is 1. The van der Waals surface area contributed by atoms with E-state index < -0.39 is 7.71 Å². The first-order valence-corrected chi connectivity index (χ1v) is 7.57. The van der Waals surface area contributed by atoms with E-state index in [0.717, 1.165) is 10.5 Å². The van der Waals surface area contributed by atoms with Crippen molar-refractivity contribution in [3.63, 3.8) is 0 Å². The van der Waals surface area contributed by atoms with Gasteiger partial charge in [0.2, 0.25) is 3.79 Å². The van der Waals surface area contributed by atoms with Crippen LogP contribution in [0.2, 0.25) is 0 Å². The third-order valence-electron chi connectivity index (χ3n) is 1.99. The molecule has 2 aromatic rings. The van der Waals surface area contributed by atoms with E-state index in [1.165, 1.54) is 6.20 Å². The Bertz CT molecular complexity index is 521. The summed E-state index contributed by atoms with van der Waals surface area (Å²) in [4.78, 5) is 0.814. The van der Waals surface area contributed by atoms with Gasteiger partial charge in [0.05, 0.1) is 13.3 Å². The summed E-state index contributed by atoms with van der Waals surface area (Å²) in [5.74, 6) is 0.910. The predicted octanol–water partition coefficient (Wildman–Crippen LogP) is 5.08. The smallest absolute Gasteiger partial charge is 0.303 e. The summed E-state index contributed by atoms with van der Waals surface area (Å²) >= 11 is 32.9. The van der Waals surface area contributed by atoms with Gasteiger partial charge >= 0.3 is 3.92 Å². The summed E-state index contributed by atoms with van der Waals surface area (Å²) in [5, 5.41) is 7.28. The fourth-order valence-corrected chi connectivity index (χ4v) is 1.58. The lowest BCUT2D eigenvalue weighted by atomic mass is 10.3. The van der Waals surface area contributed by atoms with Gasteiger partial charge in [-0.05, 0) is 12.1 Å². The highest BCUT2D eigenvalue weighted by molar-refractivity contribution is 6.66. The molecule has 116 valence electrons. The van der Waals surface area contributed by atoms with Gasteiger partial charge in [0.1, 0.15) is 11.4 Å². The minimum Gasteiger partial charge on any atom is -0.497 e. The van der Waals surface area contributed by atoms with Gasteiger partial charge < -0.3 is 4.74 Å². The molecule has 21 heavy (non-hydrogen) atoms. The summed E-state index contributed by atoms with van der Waals surface area (Å²) in [5.41, 5.74) is 0.0869. The van der Waals surface area contributed by atoms with Crippen LogP contribution < -0.4 is 4.74 Å². The van der Waals surface area contributed by atoms with E-state index in [-0.39, 0.29) is 5.69 Å². The number of ether oxygens (including phenoxy) is 1. The fraction of sp³-hybridized carbons (Fsp3) is 0.273. The van der Waals surface area contributed by atoms with Gasteiger partial charge in [0.25, 0.3) is 0 Å². The number of para-hydroxylation sites is 1. The van der Waals surface area contributed by atoms with E-state index in [4.69, 9.17) is 74.3 Å². The Morgan fingerprint density at radius 3 is 1.86 bits per heavy atom. The van der Waals surface area contributed by atoms with E-state index in [1.54, 1.807) is 7.11 Å². The average molecular weight is 412 g/mol. The number of hydrogen-bond acceptors (Lipinski definition) is 3. The molecule has 1 aromatic heterocycles. The highest BCUT2D eigenvalue weighted by Gasteiger charge is 2.31. The molecule has 0 aliphatic carbocycles. The lowest BCUT2D eigenvalue weighted by Crippen LogP contribution is -2.17. The molecule has 0 bridgehead atoms. The molecule has 0 fully saturated rings. The van der Waals surface area contributed by atoms with Crippen molar-refractivity contribution < 1.29 is 4.74 Å². The van der Waals surface area contributed by atoms with Gasteiger partial charge in [-0.2, -0.15) is 5.10 Å². The first-order valence-electron chi connectivity index (χ1n) is 5.30. The second-order valence-corrected chi connectivity index (χ2v) is 8.00. The summed E-state index contributed by atoms with van der Waals surface area (Å²) in [7, 11) is 1.66. The number of hydrogen-bond donors (Lipinski definition) is 0. The Kier molecular flexibility index (Phi) is 7.17. The van der Waals surface area contributed by atoms with E-state index in [9.17, 15) is 0 Å². The first kappa shape index (κ1) is 18.9. The molecule has 0 aliphatic heterocycles. The number of nitrogens with zero attached hydrogens (tertiary/aromatic N) is 3. The quantitative estimate of drug-likeness (QED) is 0.614. The summed E-state index contributed by atoms with van der Waals surface area (Å²) in [6, 6.07) is 9.68. The molecule has 0 spiro atoms. The Balaban J connectivity index is 0.000000235. The van der Waals surface area contributed by atoms with Gasteiger partial charge in [-0.3, -0.25) is 0 Å². The molecule has 0 N–H and O–H groups in total. The molecule has 0 unspecified atom stereocenters. The third kappa shape index (κ3) is 6.68. The third-order valence-corrected chi connectivity index (χ3v) is 3.02. The van der Waals surface area contributed by atoms with Crippen molar-refractivity contribution in [3.8, 4) is 5.75 Å². The van der Waals surface area contributed by atoms with Gasteiger partial charge in [0.15, 0.2) is 0 Å². The van der Waals surface area contributed by atoms with Crippen LogP contribution in [0.4, 0.5) is 0 Å². The zero-order valence-corrected chi connectivity index (χ0v) is 15.0. The molecule has 0 amide bonds. The van der Waals surface area contributed by atoms with E-state index in [1.807, 2.05) is 30.3 Å². The van der Waals surface area contributed by atoms with Gasteiger partial charge in [-0.25, -0.2) is 0 Å². The average Bonchev–Trinajstić information content (AvgIpc) is 2.90.